The highest BCUT2D eigenvalue weighted by atomic mass is 19.1. The highest BCUT2D eigenvalue weighted by molar-refractivity contribution is 5.94. The zero-order valence-corrected chi connectivity index (χ0v) is 15.1. The molecule has 1 aliphatic heterocycles. The molecule has 1 N–H and O–H groups in total. The topological polar surface area (TPSA) is 49.8 Å². The van der Waals surface area contributed by atoms with Crippen LogP contribution in [-0.2, 0) is 6.61 Å². The lowest BCUT2D eigenvalue weighted by Gasteiger charge is -2.25. The minimum Gasteiger partial charge on any atom is -0.489 e. The number of aliphatic hydroxyl groups is 1. The summed E-state index contributed by atoms with van der Waals surface area (Å²) in [6.07, 6.45) is 0.805. The molecular formula is C21H24FNO3. The smallest absolute Gasteiger partial charge is 0.253 e. The van der Waals surface area contributed by atoms with E-state index in [0.717, 1.165) is 6.42 Å². The Hall–Kier alpha value is -2.40. The Balaban J connectivity index is 1.59. The Morgan fingerprint density at radius 3 is 2.54 bits per heavy atom. The van der Waals surface area contributed by atoms with Gasteiger partial charge in [0.15, 0.2) is 0 Å². The summed E-state index contributed by atoms with van der Waals surface area (Å²) in [5.41, 5.74) is 0.293. The molecule has 138 valence electrons. The zero-order valence-electron chi connectivity index (χ0n) is 15.1. The summed E-state index contributed by atoms with van der Waals surface area (Å²) in [5, 5.41) is 10.1. The first-order chi connectivity index (χ1) is 12.3. The first-order valence-corrected chi connectivity index (χ1v) is 8.82. The van der Waals surface area contributed by atoms with Gasteiger partial charge in [-0.25, -0.2) is 4.39 Å². The molecule has 26 heavy (non-hydrogen) atoms. The monoisotopic (exact) mass is 357 g/mol. The molecule has 1 atom stereocenters. The molecule has 1 fully saturated rings. The van der Waals surface area contributed by atoms with E-state index in [2.05, 4.69) is 0 Å². The third-order valence-corrected chi connectivity index (χ3v) is 4.93. The first-order valence-electron chi connectivity index (χ1n) is 8.82. The van der Waals surface area contributed by atoms with Gasteiger partial charge < -0.3 is 14.7 Å². The number of ether oxygens (including phenoxy) is 1. The van der Waals surface area contributed by atoms with Crippen molar-refractivity contribution < 1.29 is 19.0 Å². The van der Waals surface area contributed by atoms with Gasteiger partial charge in [0.05, 0.1) is 5.60 Å². The van der Waals surface area contributed by atoms with Crippen LogP contribution in [-0.4, -0.2) is 34.6 Å². The van der Waals surface area contributed by atoms with Gasteiger partial charge in [-0.15, -0.1) is 0 Å². The van der Waals surface area contributed by atoms with Gasteiger partial charge >= 0.3 is 0 Å². The number of hydrogen-bond donors (Lipinski definition) is 1. The third-order valence-electron chi connectivity index (χ3n) is 4.93. The van der Waals surface area contributed by atoms with Crippen LogP contribution in [0.4, 0.5) is 4.39 Å². The van der Waals surface area contributed by atoms with Crippen LogP contribution >= 0.6 is 0 Å². The summed E-state index contributed by atoms with van der Waals surface area (Å²) in [6, 6.07) is 13.4. The molecule has 0 spiro atoms. The molecule has 0 radical (unpaired) electrons. The standard InChI is InChI=1S/C21H24FNO3/c1-21(2,25)17-11-12-23(13-17)20(24)15-7-9-18(10-8-15)26-14-16-5-3-4-6-19(16)22/h3-10,17,25H,11-14H2,1-2H3. The quantitative estimate of drug-likeness (QED) is 0.889. The van der Waals surface area contributed by atoms with Gasteiger partial charge in [-0.1, -0.05) is 18.2 Å². The number of nitrogens with zero attached hydrogens (tertiary/aromatic N) is 1. The molecule has 5 heteroatoms. The van der Waals surface area contributed by atoms with Crippen molar-refractivity contribution in [1.29, 1.82) is 0 Å². The Bertz CT molecular complexity index is 768. The van der Waals surface area contributed by atoms with Crippen LogP contribution in [0.1, 0.15) is 36.2 Å². The van der Waals surface area contributed by atoms with Gasteiger partial charge in [-0.3, -0.25) is 4.79 Å². The van der Waals surface area contributed by atoms with Crippen molar-refractivity contribution in [2.24, 2.45) is 5.92 Å². The highest BCUT2D eigenvalue weighted by Gasteiger charge is 2.35. The Labute approximate surface area is 153 Å². The third kappa shape index (κ3) is 4.22. The van der Waals surface area contributed by atoms with Gasteiger partial charge in [0.25, 0.3) is 5.91 Å². The average Bonchev–Trinajstić information content (AvgIpc) is 3.11. The summed E-state index contributed by atoms with van der Waals surface area (Å²) in [6.45, 7) is 4.92. The number of carbonyl (C=O) groups excluding carboxylic acids is 1. The number of amides is 1. The number of rotatable bonds is 5. The first kappa shape index (κ1) is 18.4. The van der Waals surface area contributed by atoms with Gasteiger partial charge in [0, 0.05) is 30.1 Å². The van der Waals surface area contributed by atoms with Crippen molar-refractivity contribution in [2.45, 2.75) is 32.5 Å². The SMILES string of the molecule is CC(C)(O)C1CCN(C(=O)c2ccc(OCc3ccccc3F)cc2)C1. The molecule has 1 aliphatic rings. The molecule has 0 aromatic heterocycles. The van der Waals surface area contributed by atoms with E-state index in [1.165, 1.54) is 6.07 Å². The minimum atomic E-state index is -0.778. The molecule has 2 aromatic carbocycles. The van der Waals surface area contributed by atoms with Crippen LogP contribution in [0.25, 0.3) is 0 Å². The second-order valence-electron chi connectivity index (χ2n) is 7.29. The van der Waals surface area contributed by atoms with Crippen molar-refractivity contribution in [2.75, 3.05) is 13.1 Å². The summed E-state index contributed by atoms with van der Waals surface area (Å²) in [7, 11) is 0. The summed E-state index contributed by atoms with van der Waals surface area (Å²) in [5.74, 6) is 0.336. The van der Waals surface area contributed by atoms with Crippen LogP contribution < -0.4 is 4.74 Å². The van der Waals surface area contributed by atoms with Gasteiger partial charge in [-0.05, 0) is 50.6 Å². The fraction of sp³-hybridized carbons (Fsp3) is 0.381. The molecular weight excluding hydrogens is 333 g/mol. The largest absolute Gasteiger partial charge is 0.489 e. The number of likely N-dealkylation sites (tertiary alicyclic amines) is 1. The van der Waals surface area contributed by atoms with Crippen LogP contribution in [0.2, 0.25) is 0 Å². The molecule has 1 amide bonds. The predicted octanol–water partition coefficient (Wildman–Crippen LogP) is 3.64. The van der Waals surface area contributed by atoms with Crippen molar-refractivity contribution in [3.8, 4) is 5.75 Å². The number of halogens is 1. The molecule has 1 heterocycles. The van der Waals surface area contributed by atoms with Crippen molar-refractivity contribution in [3.63, 3.8) is 0 Å². The van der Waals surface area contributed by atoms with E-state index in [4.69, 9.17) is 4.74 Å². The maximum Gasteiger partial charge on any atom is 0.253 e. The molecule has 2 aromatic rings. The lowest BCUT2D eigenvalue weighted by atomic mass is 9.90. The van der Waals surface area contributed by atoms with Crippen LogP contribution in [0.3, 0.4) is 0 Å². The average molecular weight is 357 g/mol. The lowest BCUT2D eigenvalue weighted by molar-refractivity contribution is 0.0211. The zero-order chi connectivity index (χ0) is 18.7. The Morgan fingerprint density at radius 2 is 1.92 bits per heavy atom. The van der Waals surface area contributed by atoms with E-state index in [9.17, 15) is 14.3 Å². The molecule has 3 rings (SSSR count). The van der Waals surface area contributed by atoms with Gasteiger partial charge in [0.1, 0.15) is 18.2 Å². The maximum atomic E-state index is 13.6. The van der Waals surface area contributed by atoms with Gasteiger partial charge in [0.2, 0.25) is 0 Å². The van der Waals surface area contributed by atoms with Crippen LogP contribution in [0, 0.1) is 11.7 Å². The fourth-order valence-electron chi connectivity index (χ4n) is 3.17. The second kappa shape index (κ2) is 7.46. The predicted molar refractivity (Wildman–Crippen MR) is 97.5 cm³/mol. The van der Waals surface area contributed by atoms with E-state index in [1.54, 1.807) is 61.2 Å². The van der Waals surface area contributed by atoms with E-state index in [0.29, 0.717) is 30.0 Å². The number of benzene rings is 2. The molecule has 0 bridgehead atoms. The molecule has 1 unspecified atom stereocenters. The lowest BCUT2D eigenvalue weighted by Crippen LogP contribution is -2.35. The number of hydrogen-bond acceptors (Lipinski definition) is 3. The Kier molecular flexibility index (Phi) is 5.28. The van der Waals surface area contributed by atoms with E-state index >= 15 is 0 Å². The molecule has 0 aliphatic carbocycles. The van der Waals surface area contributed by atoms with Gasteiger partial charge in [-0.2, -0.15) is 0 Å². The Morgan fingerprint density at radius 1 is 1.23 bits per heavy atom. The maximum absolute atomic E-state index is 13.6. The van der Waals surface area contributed by atoms with E-state index in [-0.39, 0.29) is 24.2 Å². The summed E-state index contributed by atoms with van der Waals surface area (Å²) >= 11 is 0. The van der Waals surface area contributed by atoms with E-state index in [1.807, 2.05) is 0 Å². The normalized spacial score (nSPS) is 17.4. The highest BCUT2D eigenvalue weighted by Crippen LogP contribution is 2.28. The fourth-order valence-corrected chi connectivity index (χ4v) is 3.17. The van der Waals surface area contributed by atoms with Crippen molar-refractivity contribution >= 4 is 5.91 Å². The molecule has 4 nitrogen and oxygen atoms in total. The van der Waals surface area contributed by atoms with Crippen LogP contribution in [0.15, 0.2) is 48.5 Å². The summed E-state index contributed by atoms with van der Waals surface area (Å²) < 4.78 is 19.2. The second-order valence-corrected chi connectivity index (χ2v) is 7.29. The summed E-state index contributed by atoms with van der Waals surface area (Å²) in [4.78, 5) is 14.4. The molecule has 1 saturated heterocycles. The van der Waals surface area contributed by atoms with E-state index < -0.39 is 5.60 Å². The minimum absolute atomic E-state index is 0.0441. The van der Waals surface area contributed by atoms with Crippen molar-refractivity contribution in [1.82, 2.24) is 4.90 Å². The van der Waals surface area contributed by atoms with Crippen LogP contribution in [0.5, 0.6) is 5.75 Å². The molecule has 0 saturated carbocycles. The number of carbonyl (C=O) groups is 1. The van der Waals surface area contributed by atoms with Crippen molar-refractivity contribution in [3.05, 3.63) is 65.5 Å².